The van der Waals surface area contributed by atoms with E-state index in [-0.39, 0.29) is 10.8 Å². The molecule has 0 aliphatic heterocycles. The van der Waals surface area contributed by atoms with Crippen LogP contribution in [0.1, 0.15) is 36.3 Å². The highest BCUT2D eigenvalue weighted by Gasteiger charge is 2.36. The average molecular weight is 381 g/mol. The molecule has 135 valence electrons. The molecule has 0 unspecified atom stereocenters. The van der Waals surface area contributed by atoms with E-state index in [1.807, 2.05) is 6.20 Å². The third-order valence-electron chi connectivity index (χ3n) is 4.77. The van der Waals surface area contributed by atoms with Crippen LogP contribution in [-0.4, -0.2) is 4.98 Å². The van der Waals surface area contributed by atoms with Gasteiger partial charge in [-0.3, -0.25) is 5.11 Å². The van der Waals surface area contributed by atoms with E-state index in [2.05, 4.69) is 4.98 Å². The number of hydrogen-bond acceptors (Lipinski definition) is 1. The second-order valence-corrected chi connectivity index (χ2v) is 6.87. The van der Waals surface area contributed by atoms with Gasteiger partial charge in [-0.25, -0.2) is 0 Å². The Labute approximate surface area is 152 Å². The summed E-state index contributed by atoms with van der Waals surface area (Å²) in [5, 5.41) is 12.0. The molecule has 4 rings (SSSR count). The van der Waals surface area contributed by atoms with Crippen LogP contribution in [0.25, 0.3) is 10.9 Å². The molecule has 1 fully saturated rings. The first-order valence-electron chi connectivity index (χ1n) is 8.19. The average Bonchev–Trinajstić information content (AvgIpc) is 2.90. The van der Waals surface area contributed by atoms with Crippen LogP contribution >= 0.6 is 11.6 Å². The highest BCUT2D eigenvalue weighted by atomic mass is 35.5. The molecule has 1 aromatic heterocycles. The largest absolute Gasteiger partial charge is 0.455 e. The fourth-order valence-electron chi connectivity index (χ4n) is 3.24. The minimum Gasteiger partial charge on any atom is -0.455 e. The topological polar surface area (TPSA) is 44.9 Å². The first-order valence-corrected chi connectivity index (χ1v) is 8.57. The van der Waals surface area contributed by atoms with Gasteiger partial charge in [-0.1, -0.05) is 18.0 Å². The van der Waals surface area contributed by atoms with Crippen molar-refractivity contribution in [1.29, 1.82) is 0 Å². The zero-order chi connectivity index (χ0) is 18.5. The first-order chi connectivity index (χ1) is 12.3. The molecule has 1 aliphatic rings. The van der Waals surface area contributed by atoms with Gasteiger partial charge in [0.05, 0.1) is 5.02 Å². The molecule has 1 saturated carbocycles. The summed E-state index contributed by atoms with van der Waals surface area (Å²) in [4.78, 5) is 3.18. The minimum absolute atomic E-state index is 0.240. The molecule has 1 heterocycles. The van der Waals surface area contributed by atoms with Crippen LogP contribution in [0.3, 0.4) is 0 Å². The van der Waals surface area contributed by atoms with Crippen LogP contribution in [0.2, 0.25) is 5.02 Å². The second-order valence-electron chi connectivity index (χ2n) is 6.46. The number of H-pyrrole nitrogens is 1. The smallest absolute Gasteiger partial charge is 0.420 e. The van der Waals surface area contributed by atoms with Gasteiger partial charge in [-0.05, 0) is 42.5 Å². The number of fused-ring (bicyclic) bond motifs is 1. The molecular formula is C19H14ClF3NO2. The fraction of sp³-hybridized carbons (Fsp3) is 0.263. The molecule has 0 spiro atoms. The lowest BCUT2D eigenvalue weighted by Gasteiger charge is -2.25. The first kappa shape index (κ1) is 17.1. The summed E-state index contributed by atoms with van der Waals surface area (Å²) in [5.74, 6) is -0.668. The third-order valence-corrected chi connectivity index (χ3v) is 5.05. The maximum Gasteiger partial charge on any atom is 0.420 e. The maximum absolute atomic E-state index is 13.3. The number of benzene rings is 2. The van der Waals surface area contributed by atoms with Gasteiger partial charge in [-0.15, -0.1) is 0 Å². The number of rotatable bonds is 3. The van der Waals surface area contributed by atoms with Crippen molar-refractivity contribution >= 4 is 22.5 Å². The molecule has 3 nitrogen and oxygen atoms in total. The molecule has 7 heteroatoms. The summed E-state index contributed by atoms with van der Waals surface area (Å²) in [6, 6.07) is 6.46. The molecule has 0 amide bonds. The van der Waals surface area contributed by atoms with Gasteiger partial charge in [0.2, 0.25) is 0 Å². The second kappa shape index (κ2) is 6.13. The van der Waals surface area contributed by atoms with E-state index >= 15 is 0 Å². The third kappa shape index (κ3) is 2.98. The van der Waals surface area contributed by atoms with E-state index in [9.17, 15) is 18.3 Å². The lowest BCUT2D eigenvalue weighted by atomic mass is 9.80. The van der Waals surface area contributed by atoms with E-state index in [0.717, 1.165) is 35.4 Å². The normalized spacial score (nSPS) is 15.2. The van der Waals surface area contributed by atoms with E-state index in [0.29, 0.717) is 12.0 Å². The van der Waals surface area contributed by atoms with Crippen LogP contribution in [0.15, 0.2) is 36.5 Å². The molecular weight excluding hydrogens is 367 g/mol. The van der Waals surface area contributed by atoms with E-state index in [1.54, 1.807) is 18.2 Å². The SMILES string of the molecule is [O]c1cc(Cl)c(Oc2ccc3[nH]cc(C4CCC4)c3c2)c(C(F)(F)F)c1. The molecule has 1 aliphatic carbocycles. The van der Waals surface area contributed by atoms with Crippen molar-refractivity contribution in [2.45, 2.75) is 31.4 Å². The minimum atomic E-state index is -4.74. The van der Waals surface area contributed by atoms with Crippen molar-refractivity contribution in [3.63, 3.8) is 0 Å². The van der Waals surface area contributed by atoms with Crippen LogP contribution in [-0.2, 0) is 11.3 Å². The maximum atomic E-state index is 13.3. The Morgan fingerprint density at radius 1 is 1.15 bits per heavy atom. The number of halogens is 4. The Hall–Kier alpha value is -2.34. The van der Waals surface area contributed by atoms with Gasteiger partial charge < -0.3 is 9.72 Å². The van der Waals surface area contributed by atoms with Crippen molar-refractivity contribution in [2.24, 2.45) is 0 Å². The van der Waals surface area contributed by atoms with Crippen molar-refractivity contribution in [1.82, 2.24) is 4.98 Å². The van der Waals surface area contributed by atoms with Crippen molar-refractivity contribution in [3.8, 4) is 17.2 Å². The Balaban J connectivity index is 1.76. The Bertz CT molecular complexity index is 977. The summed E-state index contributed by atoms with van der Waals surface area (Å²) in [6.45, 7) is 0. The van der Waals surface area contributed by atoms with Crippen LogP contribution < -0.4 is 4.74 Å². The number of hydrogen-bond donors (Lipinski definition) is 1. The van der Waals surface area contributed by atoms with Gasteiger partial charge >= 0.3 is 6.18 Å². The van der Waals surface area contributed by atoms with E-state index in [1.165, 1.54) is 6.42 Å². The van der Waals surface area contributed by atoms with Crippen LogP contribution in [0, 0.1) is 0 Å². The highest BCUT2D eigenvalue weighted by molar-refractivity contribution is 6.32. The Morgan fingerprint density at radius 3 is 2.58 bits per heavy atom. The van der Waals surface area contributed by atoms with Crippen LogP contribution in [0.5, 0.6) is 17.2 Å². The zero-order valence-corrected chi connectivity index (χ0v) is 14.2. The van der Waals surface area contributed by atoms with Gasteiger partial charge in [0.25, 0.3) is 0 Å². The molecule has 2 aromatic carbocycles. The van der Waals surface area contributed by atoms with Gasteiger partial charge in [0.1, 0.15) is 11.3 Å². The number of aromatic amines is 1. The number of aromatic nitrogens is 1. The van der Waals surface area contributed by atoms with Gasteiger partial charge in [-0.2, -0.15) is 13.2 Å². The predicted molar refractivity (Wildman–Crippen MR) is 91.6 cm³/mol. The van der Waals surface area contributed by atoms with Crippen molar-refractivity contribution in [3.05, 3.63) is 52.7 Å². The molecule has 1 radical (unpaired) electrons. The zero-order valence-electron chi connectivity index (χ0n) is 13.5. The number of alkyl halides is 3. The van der Waals surface area contributed by atoms with Gasteiger partial charge in [0.15, 0.2) is 11.5 Å². The fourth-order valence-corrected chi connectivity index (χ4v) is 3.49. The summed E-state index contributed by atoms with van der Waals surface area (Å²) in [6.07, 6.45) is 0.590. The predicted octanol–water partition coefficient (Wildman–Crippen LogP) is 7.04. The lowest BCUT2D eigenvalue weighted by molar-refractivity contribution is -0.138. The van der Waals surface area contributed by atoms with Crippen molar-refractivity contribution in [2.75, 3.05) is 0 Å². The highest BCUT2D eigenvalue weighted by Crippen LogP contribution is 2.45. The number of ether oxygens (including phenoxy) is 1. The lowest BCUT2D eigenvalue weighted by Crippen LogP contribution is -2.08. The molecule has 0 bridgehead atoms. The summed E-state index contributed by atoms with van der Waals surface area (Å²) < 4.78 is 45.2. The number of nitrogens with one attached hydrogen (secondary N) is 1. The standard InChI is InChI=1S/C19H14ClF3NO2/c20-16-7-11(25)6-15(19(21,22)23)18(16)26-12-4-5-17-13(8-12)14(9-24-17)10-2-1-3-10/h4-10,24H,1-3H2. The van der Waals surface area contributed by atoms with Gasteiger partial charge in [0, 0.05) is 29.2 Å². The molecule has 0 saturated heterocycles. The van der Waals surface area contributed by atoms with E-state index in [4.69, 9.17) is 16.3 Å². The Morgan fingerprint density at radius 2 is 1.92 bits per heavy atom. The molecule has 26 heavy (non-hydrogen) atoms. The molecule has 1 N–H and O–H groups in total. The summed E-state index contributed by atoms with van der Waals surface area (Å²) in [7, 11) is 0. The van der Waals surface area contributed by atoms with Crippen molar-refractivity contribution < 1.29 is 23.0 Å². The molecule has 0 atom stereocenters. The van der Waals surface area contributed by atoms with E-state index < -0.39 is 23.2 Å². The molecule has 3 aromatic rings. The summed E-state index contributed by atoms with van der Waals surface area (Å²) in [5.41, 5.74) is 0.869. The van der Waals surface area contributed by atoms with Crippen LogP contribution in [0.4, 0.5) is 13.2 Å². The summed E-state index contributed by atoms with van der Waals surface area (Å²) >= 11 is 5.87. The quantitative estimate of drug-likeness (QED) is 0.520. The monoisotopic (exact) mass is 380 g/mol. The Kier molecular flexibility index (Phi) is 4.03.